The third-order valence-electron chi connectivity index (χ3n) is 5.00. The molecule has 2 aliphatic rings. The third-order valence-corrected chi connectivity index (χ3v) is 5.99. The average molecular weight is 367 g/mol. The second-order valence-electron chi connectivity index (χ2n) is 7.00. The smallest absolute Gasteiger partial charge is 0.317 e. The van der Waals surface area contributed by atoms with Crippen molar-refractivity contribution in [1.29, 1.82) is 0 Å². The lowest BCUT2D eigenvalue weighted by Crippen LogP contribution is -2.46. The first-order chi connectivity index (χ1) is 12.2. The van der Waals surface area contributed by atoms with Crippen LogP contribution >= 0.6 is 11.3 Å². The van der Waals surface area contributed by atoms with E-state index in [1.165, 1.54) is 30.8 Å². The van der Waals surface area contributed by atoms with Crippen molar-refractivity contribution in [2.75, 3.05) is 45.9 Å². The van der Waals surface area contributed by atoms with Gasteiger partial charge in [-0.1, -0.05) is 0 Å². The van der Waals surface area contributed by atoms with Gasteiger partial charge in [0.15, 0.2) is 0 Å². The topological polar surface area (TPSA) is 57.7 Å². The third kappa shape index (κ3) is 5.66. The largest absolute Gasteiger partial charge is 0.375 e. The minimum atomic E-state index is 0.0537. The van der Waals surface area contributed by atoms with Crippen LogP contribution in [-0.4, -0.2) is 72.8 Å². The van der Waals surface area contributed by atoms with Crippen molar-refractivity contribution in [2.45, 2.75) is 45.1 Å². The number of nitrogens with zero attached hydrogens (tertiary/aromatic N) is 3. The Labute approximate surface area is 154 Å². The zero-order chi connectivity index (χ0) is 17.5. The Morgan fingerprint density at radius 3 is 2.96 bits per heavy atom. The molecule has 0 spiro atoms. The number of aryl methyl sites for hydroxylation is 2. The predicted molar refractivity (Wildman–Crippen MR) is 100 cm³/mol. The Hall–Kier alpha value is -1.18. The van der Waals surface area contributed by atoms with Crippen LogP contribution in [0.2, 0.25) is 0 Å². The number of ether oxygens (including phenoxy) is 1. The second-order valence-corrected chi connectivity index (χ2v) is 7.94. The number of nitrogens with one attached hydrogen (secondary N) is 1. The van der Waals surface area contributed by atoms with E-state index >= 15 is 0 Å². The molecule has 1 aromatic heterocycles. The van der Waals surface area contributed by atoms with Gasteiger partial charge in [0.05, 0.1) is 17.3 Å². The molecule has 3 heterocycles. The van der Waals surface area contributed by atoms with E-state index in [2.05, 4.69) is 15.2 Å². The van der Waals surface area contributed by atoms with Gasteiger partial charge < -0.3 is 19.9 Å². The minimum Gasteiger partial charge on any atom is -0.375 e. The van der Waals surface area contributed by atoms with Crippen molar-refractivity contribution in [2.24, 2.45) is 0 Å². The molecule has 2 fully saturated rings. The first-order valence-electron chi connectivity index (χ1n) is 9.48. The molecule has 1 N–H and O–H groups in total. The Morgan fingerprint density at radius 2 is 2.20 bits per heavy atom. The molecule has 1 atom stereocenters. The van der Waals surface area contributed by atoms with Gasteiger partial charge in [0.1, 0.15) is 0 Å². The van der Waals surface area contributed by atoms with Crippen molar-refractivity contribution in [3.05, 3.63) is 16.1 Å². The number of likely N-dealkylation sites (tertiary alicyclic amines) is 1. The van der Waals surface area contributed by atoms with Gasteiger partial charge in [-0.25, -0.2) is 9.78 Å². The molecule has 7 heteroatoms. The zero-order valence-electron chi connectivity index (χ0n) is 15.2. The molecule has 0 aliphatic carbocycles. The van der Waals surface area contributed by atoms with Gasteiger partial charge in [-0.2, -0.15) is 0 Å². The molecular weight excluding hydrogens is 336 g/mol. The number of aromatic nitrogens is 1. The Bertz CT molecular complexity index is 545. The highest BCUT2D eigenvalue weighted by Crippen LogP contribution is 2.14. The second kappa shape index (κ2) is 9.50. The van der Waals surface area contributed by atoms with Gasteiger partial charge in [0.2, 0.25) is 0 Å². The van der Waals surface area contributed by atoms with Crippen molar-refractivity contribution >= 4 is 17.4 Å². The lowest BCUT2D eigenvalue weighted by atomic mass is 10.2. The number of hydrogen-bond acceptors (Lipinski definition) is 5. The van der Waals surface area contributed by atoms with Gasteiger partial charge in [-0.05, 0) is 52.1 Å². The normalized spacial score (nSPS) is 22.1. The van der Waals surface area contributed by atoms with Gasteiger partial charge in [0, 0.05) is 37.7 Å². The molecule has 6 nitrogen and oxygen atoms in total. The summed E-state index contributed by atoms with van der Waals surface area (Å²) in [7, 11) is 0. The number of carbonyl (C=O) groups excluding carboxylic acids is 1. The number of carbonyl (C=O) groups is 1. The fourth-order valence-electron chi connectivity index (χ4n) is 3.57. The number of thiazole rings is 1. The fourth-order valence-corrected chi connectivity index (χ4v) is 4.39. The molecule has 1 aromatic rings. The summed E-state index contributed by atoms with van der Waals surface area (Å²) in [5.74, 6) is 0. The summed E-state index contributed by atoms with van der Waals surface area (Å²) in [4.78, 5) is 22.5. The number of hydrogen-bond donors (Lipinski definition) is 1. The van der Waals surface area contributed by atoms with E-state index in [0.717, 1.165) is 44.7 Å². The van der Waals surface area contributed by atoms with Crippen LogP contribution in [0, 0.1) is 6.92 Å². The van der Waals surface area contributed by atoms with E-state index < -0.39 is 0 Å². The van der Waals surface area contributed by atoms with Gasteiger partial charge in [0.25, 0.3) is 0 Å². The number of rotatable bonds is 6. The Balaban J connectivity index is 1.39. The van der Waals surface area contributed by atoms with Crippen LogP contribution in [0.5, 0.6) is 0 Å². The standard InChI is InChI=1S/C18H30N4O2S/c1-15-17(25-14-20-15)6-4-7-19-18(23)22-10-5-11-24-16(13-22)12-21-8-2-3-9-21/h14,16H,2-13H2,1H3,(H,19,23). The van der Waals surface area contributed by atoms with Gasteiger partial charge >= 0.3 is 6.03 Å². The van der Waals surface area contributed by atoms with Gasteiger partial charge in [-0.15, -0.1) is 11.3 Å². The summed E-state index contributed by atoms with van der Waals surface area (Å²) >= 11 is 1.70. The first kappa shape index (κ1) is 18.6. The molecule has 2 amide bonds. The van der Waals surface area contributed by atoms with E-state index in [0.29, 0.717) is 13.1 Å². The maximum Gasteiger partial charge on any atom is 0.317 e. The Kier molecular flexibility index (Phi) is 7.07. The van der Waals surface area contributed by atoms with Crippen LogP contribution < -0.4 is 5.32 Å². The lowest BCUT2D eigenvalue weighted by Gasteiger charge is -2.27. The van der Waals surface area contributed by atoms with Crippen LogP contribution in [0.3, 0.4) is 0 Å². The molecule has 140 valence electrons. The van der Waals surface area contributed by atoms with Crippen molar-refractivity contribution < 1.29 is 9.53 Å². The summed E-state index contributed by atoms with van der Waals surface area (Å²) in [5.41, 5.74) is 3.01. The first-order valence-corrected chi connectivity index (χ1v) is 10.4. The highest BCUT2D eigenvalue weighted by Gasteiger charge is 2.25. The molecule has 1 unspecified atom stereocenters. The fraction of sp³-hybridized carbons (Fsp3) is 0.778. The van der Waals surface area contributed by atoms with Crippen LogP contribution in [0.4, 0.5) is 4.79 Å². The molecule has 3 rings (SSSR count). The highest BCUT2D eigenvalue weighted by atomic mass is 32.1. The Morgan fingerprint density at radius 1 is 1.36 bits per heavy atom. The molecule has 2 aliphatic heterocycles. The molecule has 0 bridgehead atoms. The van der Waals surface area contributed by atoms with Crippen LogP contribution in [0.15, 0.2) is 5.51 Å². The van der Waals surface area contributed by atoms with E-state index in [1.807, 2.05) is 17.3 Å². The maximum absolute atomic E-state index is 12.5. The van der Waals surface area contributed by atoms with Crippen LogP contribution in [-0.2, 0) is 11.2 Å². The zero-order valence-corrected chi connectivity index (χ0v) is 16.0. The van der Waals surface area contributed by atoms with E-state index in [1.54, 1.807) is 11.3 Å². The average Bonchev–Trinajstić information content (AvgIpc) is 3.19. The van der Waals surface area contributed by atoms with Crippen molar-refractivity contribution in [3.63, 3.8) is 0 Å². The van der Waals surface area contributed by atoms with Crippen molar-refractivity contribution in [1.82, 2.24) is 20.1 Å². The summed E-state index contributed by atoms with van der Waals surface area (Å²) in [6.45, 7) is 8.30. The lowest BCUT2D eigenvalue weighted by molar-refractivity contribution is 0.0349. The summed E-state index contributed by atoms with van der Waals surface area (Å²) in [6, 6.07) is 0.0537. The predicted octanol–water partition coefficient (Wildman–Crippen LogP) is 2.28. The summed E-state index contributed by atoms with van der Waals surface area (Å²) < 4.78 is 5.96. The molecule has 0 aromatic carbocycles. The molecular formula is C18H30N4O2S. The molecule has 0 radical (unpaired) electrons. The number of amides is 2. The van der Waals surface area contributed by atoms with E-state index in [-0.39, 0.29) is 12.1 Å². The number of urea groups is 1. The quantitative estimate of drug-likeness (QED) is 0.785. The van der Waals surface area contributed by atoms with E-state index in [9.17, 15) is 4.79 Å². The van der Waals surface area contributed by atoms with Crippen LogP contribution in [0.25, 0.3) is 0 Å². The van der Waals surface area contributed by atoms with Crippen LogP contribution in [0.1, 0.15) is 36.3 Å². The maximum atomic E-state index is 12.5. The minimum absolute atomic E-state index is 0.0537. The SMILES string of the molecule is Cc1ncsc1CCCNC(=O)N1CCCOC(CN2CCCC2)C1. The van der Waals surface area contributed by atoms with Crippen molar-refractivity contribution in [3.8, 4) is 0 Å². The van der Waals surface area contributed by atoms with Gasteiger partial charge in [-0.3, -0.25) is 0 Å². The monoisotopic (exact) mass is 366 g/mol. The summed E-state index contributed by atoms with van der Waals surface area (Å²) in [5, 5.41) is 3.08. The summed E-state index contributed by atoms with van der Waals surface area (Å²) in [6.07, 6.45) is 5.58. The molecule has 2 saturated heterocycles. The highest BCUT2D eigenvalue weighted by molar-refractivity contribution is 7.09. The molecule has 25 heavy (non-hydrogen) atoms. The molecule has 0 saturated carbocycles. The van der Waals surface area contributed by atoms with E-state index in [4.69, 9.17) is 4.74 Å².